The molecule has 2 amide bonds. The van der Waals surface area contributed by atoms with E-state index in [0.717, 1.165) is 16.0 Å². The molecule has 10 heteroatoms. The molecule has 0 bridgehead atoms. The molecule has 2 aliphatic rings. The van der Waals surface area contributed by atoms with Crippen LogP contribution in [0, 0.1) is 5.92 Å². The fourth-order valence-corrected chi connectivity index (χ4v) is 6.11. The number of thioether (sulfide) groups is 1. The average Bonchev–Trinajstić information content (AvgIpc) is 3.45. The van der Waals surface area contributed by atoms with Crippen molar-refractivity contribution in [2.24, 2.45) is 11.7 Å². The number of aliphatic carboxylic acids is 1. The highest BCUT2D eigenvalue weighted by Gasteiger charge is 2.45. The number of carboxylic acid groups (broad SMARTS) is 1. The molecule has 0 aliphatic carbocycles. The quantitative estimate of drug-likeness (QED) is 0.304. The molecule has 2 aliphatic heterocycles. The first-order valence-corrected chi connectivity index (χ1v) is 13.6. The topological polar surface area (TPSA) is 104 Å². The minimum absolute atomic E-state index is 0.0267. The van der Waals surface area contributed by atoms with Crippen molar-refractivity contribution in [1.82, 2.24) is 9.80 Å². The van der Waals surface area contributed by atoms with Crippen molar-refractivity contribution in [2.75, 3.05) is 5.88 Å². The van der Waals surface area contributed by atoms with Crippen LogP contribution < -0.4 is 5.73 Å². The molecule has 7 nitrogen and oxygen atoms in total. The largest absolute Gasteiger partial charge is 0.480 e. The lowest BCUT2D eigenvalue weighted by molar-refractivity contribution is -0.152. The summed E-state index contributed by atoms with van der Waals surface area (Å²) in [6, 6.07) is 5.12. The minimum atomic E-state index is -1.19. The summed E-state index contributed by atoms with van der Waals surface area (Å²) in [5, 5.41) is 10.8. The van der Waals surface area contributed by atoms with Crippen LogP contribution in [0.15, 0.2) is 70.3 Å². The average molecular weight is 565 g/mol. The van der Waals surface area contributed by atoms with Gasteiger partial charge in [0.15, 0.2) is 0 Å². The van der Waals surface area contributed by atoms with Crippen LogP contribution in [0.25, 0.3) is 0 Å². The highest BCUT2D eigenvalue weighted by Crippen LogP contribution is 2.43. The SMILES string of the molecule is C=C/C(=C\C=C(/C)Cl)C(C(N)c1ccc(Cl)cc1)N1CSC(C(=O)N2C(=O)CCC2C(=O)O)=C1C(C)C. The van der Waals surface area contributed by atoms with Crippen LogP contribution >= 0.6 is 35.0 Å². The second-order valence-corrected chi connectivity index (χ2v) is 11.2. The Balaban J connectivity index is 2.13. The monoisotopic (exact) mass is 563 g/mol. The van der Waals surface area contributed by atoms with E-state index < -0.39 is 35.9 Å². The summed E-state index contributed by atoms with van der Waals surface area (Å²) in [4.78, 5) is 41.2. The van der Waals surface area contributed by atoms with E-state index in [9.17, 15) is 19.5 Å². The van der Waals surface area contributed by atoms with E-state index in [-0.39, 0.29) is 18.8 Å². The molecule has 37 heavy (non-hydrogen) atoms. The van der Waals surface area contributed by atoms with E-state index in [1.165, 1.54) is 11.8 Å². The Bertz CT molecular complexity index is 1170. The van der Waals surface area contributed by atoms with E-state index in [4.69, 9.17) is 28.9 Å². The summed E-state index contributed by atoms with van der Waals surface area (Å²) in [5.41, 5.74) is 9.18. The lowest BCUT2D eigenvalue weighted by Gasteiger charge is -2.38. The van der Waals surface area contributed by atoms with E-state index in [0.29, 0.717) is 26.5 Å². The van der Waals surface area contributed by atoms with Gasteiger partial charge >= 0.3 is 5.97 Å². The zero-order valence-electron chi connectivity index (χ0n) is 21.0. The van der Waals surface area contributed by atoms with Crippen molar-refractivity contribution in [2.45, 2.75) is 51.7 Å². The Labute approximate surface area is 231 Å². The van der Waals surface area contributed by atoms with E-state index >= 15 is 0 Å². The predicted octanol–water partition coefficient (Wildman–Crippen LogP) is 5.44. The molecule has 198 valence electrons. The summed E-state index contributed by atoms with van der Waals surface area (Å²) in [6.07, 6.45) is 5.45. The molecule has 2 heterocycles. The molecule has 3 rings (SSSR count). The number of carboxylic acids is 1. The number of nitrogens with two attached hydrogens (primary N) is 1. The third kappa shape index (κ3) is 6.32. The predicted molar refractivity (Wildman–Crippen MR) is 149 cm³/mol. The summed E-state index contributed by atoms with van der Waals surface area (Å²) < 4.78 is 0. The van der Waals surface area contributed by atoms with Crippen LogP contribution in [0.2, 0.25) is 5.02 Å². The number of nitrogens with zero attached hydrogens (tertiary/aromatic N) is 2. The summed E-state index contributed by atoms with van der Waals surface area (Å²) in [5.74, 6) is -1.98. The van der Waals surface area contributed by atoms with Gasteiger partial charge < -0.3 is 15.7 Å². The van der Waals surface area contributed by atoms with Gasteiger partial charge in [-0.05, 0) is 48.6 Å². The number of amides is 2. The summed E-state index contributed by atoms with van der Waals surface area (Å²) in [7, 11) is 0. The van der Waals surface area contributed by atoms with Crippen LogP contribution in [0.5, 0.6) is 0 Å². The second kappa shape index (κ2) is 12.3. The summed E-state index contributed by atoms with van der Waals surface area (Å²) >= 11 is 13.5. The van der Waals surface area contributed by atoms with Crippen molar-refractivity contribution < 1.29 is 19.5 Å². The van der Waals surface area contributed by atoms with E-state index in [2.05, 4.69) is 6.58 Å². The van der Waals surface area contributed by atoms with Crippen LogP contribution in [0.1, 0.15) is 45.2 Å². The normalized spacial score (nSPS) is 20.6. The first kappa shape index (κ1) is 29.0. The fourth-order valence-electron chi connectivity index (χ4n) is 4.63. The Morgan fingerprint density at radius 1 is 1.24 bits per heavy atom. The molecule has 3 N–H and O–H groups in total. The maximum atomic E-state index is 13.6. The second-order valence-electron chi connectivity index (χ2n) is 9.22. The summed E-state index contributed by atoms with van der Waals surface area (Å²) in [6.45, 7) is 9.66. The van der Waals surface area contributed by atoms with Gasteiger partial charge in [-0.3, -0.25) is 14.5 Å². The molecule has 3 atom stereocenters. The minimum Gasteiger partial charge on any atom is -0.480 e. The van der Waals surface area contributed by atoms with Crippen molar-refractivity contribution >= 4 is 52.7 Å². The van der Waals surface area contributed by atoms with Crippen molar-refractivity contribution in [3.05, 3.63) is 80.9 Å². The van der Waals surface area contributed by atoms with Gasteiger partial charge in [0.25, 0.3) is 5.91 Å². The zero-order valence-corrected chi connectivity index (χ0v) is 23.3. The molecule has 0 saturated carbocycles. The molecular formula is C27H31Cl2N3O4S. The number of carbonyl (C=O) groups is 3. The van der Waals surface area contributed by atoms with Crippen LogP contribution in [0.4, 0.5) is 0 Å². The van der Waals surface area contributed by atoms with Gasteiger partial charge in [-0.25, -0.2) is 4.79 Å². The van der Waals surface area contributed by atoms with Crippen molar-refractivity contribution in [1.29, 1.82) is 0 Å². The van der Waals surface area contributed by atoms with Crippen LogP contribution in [-0.2, 0) is 14.4 Å². The van der Waals surface area contributed by atoms with Gasteiger partial charge in [0, 0.05) is 22.2 Å². The number of rotatable bonds is 9. The third-order valence-corrected chi connectivity index (χ3v) is 7.82. The third-order valence-electron chi connectivity index (χ3n) is 6.36. The molecule has 0 radical (unpaired) electrons. The molecule has 1 aromatic rings. The molecular weight excluding hydrogens is 533 g/mol. The number of likely N-dealkylation sites (tertiary alicyclic amines) is 1. The number of hydrogen-bond donors (Lipinski definition) is 2. The van der Waals surface area contributed by atoms with Crippen LogP contribution in [0.3, 0.4) is 0 Å². The molecule has 1 fully saturated rings. The highest BCUT2D eigenvalue weighted by molar-refractivity contribution is 8.04. The highest BCUT2D eigenvalue weighted by atomic mass is 35.5. The molecule has 0 spiro atoms. The maximum Gasteiger partial charge on any atom is 0.326 e. The van der Waals surface area contributed by atoms with Gasteiger partial charge in [0.1, 0.15) is 6.04 Å². The molecule has 1 aromatic carbocycles. The van der Waals surface area contributed by atoms with Crippen molar-refractivity contribution in [3.63, 3.8) is 0 Å². The Hall–Kier alpha value is -2.52. The number of allylic oxidation sites excluding steroid dienone is 4. The van der Waals surface area contributed by atoms with Gasteiger partial charge in [-0.2, -0.15) is 0 Å². The van der Waals surface area contributed by atoms with E-state index in [1.54, 1.807) is 31.2 Å². The van der Waals surface area contributed by atoms with Crippen molar-refractivity contribution in [3.8, 4) is 0 Å². The fraction of sp³-hybridized carbons (Fsp3) is 0.370. The number of benzene rings is 1. The molecule has 0 aromatic heterocycles. The first-order valence-electron chi connectivity index (χ1n) is 11.9. The molecule has 1 saturated heterocycles. The maximum absolute atomic E-state index is 13.6. The first-order chi connectivity index (χ1) is 17.5. The number of halogens is 2. The lowest BCUT2D eigenvalue weighted by Crippen LogP contribution is -2.44. The van der Waals surface area contributed by atoms with Gasteiger partial charge in [-0.1, -0.05) is 79.7 Å². The molecule has 3 unspecified atom stereocenters. The Kier molecular flexibility index (Phi) is 9.69. The number of hydrogen-bond acceptors (Lipinski definition) is 6. The zero-order chi connectivity index (χ0) is 27.4. The van der Waals surface area contributed by atoms with E-state index in [1.807, 2.05) is 37.0 Å². The smallest absolute Gasteiger partial charge is 0.326 e. The number of imide groups is 1. The lowest BCUT2D eigenvalue weighted by atomic mass is 9.90. The van der Waals surface area contributed by atoms with Crippen LogP contribution in [-0.4, -0.2) is 50.7 Å². The Morgan fingerprint density at radius 2 is 1.89 bits per heavy atom. The van der Waals surface area contributed by atoms with Gasteiger partial charge in [0.05, 0.1) is 22.9 Å². The Morgan fingerprint density at radius 3 is 2.43 bits per heavy atom. The van der Waals surface area contributed by atoms with Gasteiger partial charge in [0.2, 0.25) is 5.91 Å². The van der Waals surface area contributed by atoms with Gasteiger partial charge in [-0.15, -0.1) is 0 Å². The number of carbonyl (C=O) groups excluding carboxylic acids is 2. The standard InChI is InChI=1S/C27H31Cl2N3O4S/c1-5-17(7-6-16(4)28)24(22(30)18-8-10-19(29)11-9-18)31-14-37-25(23(31)15(2)3)26(34)32-20(27(35)36)12-13-21(32)33/h5-11,15,20,22,24H,1,12-14,30H2,2-4H3,(H,35,36)/b16-6+,17-7+.